The lowest BCUT2D eigenvalue weighted by atomic mass is 10.0. The van der Waals surface area contributed by atoms with Gasteiger partial charge in [-0.3, -0.25) is 9.89 Å². The third-order valence-electron chi connectivity index (χ3n) is 5.58. The number of rotatable bonds is 6. The van der Waals surface area contributed by atoms with E-state index < -0.39 is 50.1 Å². The van der Waals surface area contributed by atoms with E-state index in [4.69, 9.17) is 10.5 Å². The van der Waals surface area contributed by atoms with E-state index >= 15 is 0 Å². The molecule has 188 valence electrons. The molecule has 1 fully saturated rings. The standard InChI is InChI=1S/C21H22F3N5O4S2/c1-35(31,32)17-5-3-11(22)18(19(17)24)21-28-16(9-34-21)20(30)27-15-7-26-29-14(15)6-10-2-4-13(25)12(23)8-33-10/h3,5,7,9-10,12-13H,2,4,6,8,25H2,1H3,(H,26,29)(H,27,30)/t10-,12+,13+/m0/s1. The summed E-state index contributed by atoms with van der Waals surface area (Å²) in [5, 5.41) is 10.4. The van der Waals surface area contributed by atoms with Crippen molar-refractivity contribution >= 4 is 32.8 Å². The summed E-state index contributed by atoms with van der Waals surface area (Å²) in [4.78, 5) is 16.1. The summed E-state index contributed by atoms with van der Waals surface area (Å²) in [7, 11) is -3.94. The van der Waals surface area contributed by atoms with Crippen molar-refractivity contribution in [3.63, 3.8) is 0 Å². The van der Waals surface area contributed by atoms with Crippen LogP contribution < -0.4 is 11.1 Å². The van der Waals surface area contributed by atoms with Gasteiger partial charge in [-0.2, -0.15) is 5.10 Å². The second kappa shape index (κ2) is 10.0. The van der Waals surface area contributed by atoms with Crippen LogP contribution in [0.15, 0.2) is 28.6 Å². The maximum atomic E-state index is 14.8. The average molecular weight is 530 g/mol. The van der Waals surface area contributed by atoms with Gasteiger partial charge in [0.15, 0.2) is 15.7 Å². The molecule has 0 spiro atoms. The van der Waals surface area contributed by atoms with E-state index in [9.17, 15) is 26.4 Å². The van der Waals surface area contributed by atoms with Gasteiger partial charge in [0, 0.05) is 24.1 Å². The third-order valence-corrected chi connectivity index (χ3v) is 7.56. The number of aromatic amines is 1. The summed E-state index contributed by atoms with van der Waals surface area (Å²) >= 11 is 0.789. The first-order valence-electron chi connectivity index (χ1n) is 10.5. The van der Waals surface area contributed by atoms with E-state index in [1.165, 1.54) is 11.6 Å². The molecular weight excluding hydrogens is 507 g/mol. The van der Waals surface area contributed by atoms with Gasteiger partial charge in [-0.1, -0.05) is 0 Å². The van der Waals surface area contributed by atoms with E-state index in [1.807, 2.05) is 0 Å². The van der Waals surface area contributed by atoms with Crippen molar-refractivity contribution in [2.24, 2.45) is 5.73 Å². The van der Waals surface area contributed by atoms with Crippen molar-refractivity contribution in [3.8, 4) is 10.6 Å². The van der Waals surface area contributed by atoms with Crippen LogP contribution in [0.5, 0.6) is 0 Å². The molecular formula is C21H22F3N5O4S2. The van der Waals surface area contributed by atoms with Gasteiger partial charge >= 0.3 is 0 Å². The monoisotopic (exact) mass is 529 g/mol. The number of nitrogens with two attached hydrogens (primary N) is 1. The van der Waals surface area contributed by atoms with E-state index in [0.717, 1.165) is 29.7 Å². The van der Waals surface area contributed by atoms with Crippen LogP contribution in [-0.2, 0) is 21.0 Å². The Balaban J connectivity index is 1.50. The number of benzene rings is 1. The highest BCUT2D eigenvalue weighted by Gasteiger charge is 2.27. The molecule has 1 aromatic carbocycles. The number of aromatic nitrogens is 3. The molecule has 14 heteroatoms. The van der Waals surface area contributed by atoms with Crippen molar-refractivity contribution in [1.82, 2.24) is 15.2 Å². The zero-order valence-electron chi connectivity index (χ0n) is 18.4. The molecule has 4 rings (SSSR count). The fraction of sp³-hybridized carbons (Fsp3) is 0.381. The van der Waals surface area contributed by atoms with Crippen molar-refractivity contribution in [2.45, 2.75) is 42.5 Å². The number of nitrogens with zero attached hydrogens (tertiary/aromatic N) is 2. The van der Waals surface area contributed by atoms with Gasteiger partial charge in [0.05, 0.1) is 35.9 Å². The van der Waals surface area contributed by atoms with Crippen LogP contribution in [0.2, 0.25) is 0 Å². The number of thiazole rings is 1. The first-order chi connectivity index (χ1) is 16.5. The fourth-order valence-electron chi connectivity index (χ4n) is 3.65. The molecule has 0 unspecified atom stereocenters. The minimum absolute atomic E-state index is 0.114. The number of amides is 1. The lowest BCUT2D eigenvalue weighted by Crippen LogP contribution is -2.32. The molecule has 1 aliphatic heterocycles. The van der Waals surface area contributed by atoms with E-state index in [0.29, 0.717) is 30.6 Å². The zero-order chi connectivity index (χ0) is 25.3. The number of halogens is 3. The number of nitrogens with one attached hydrogen (secondary N) is 2. The molecule has 0 saturated carbocycles. The number of sulfone groups is 1. The molecule has 0 radical (unpaired) electrons. The second-order valence-corrected chi connectivity index (χ2v) is 11.0. The number of anilines is 1. The SMILES string of the molecule is CS(=O)(=O)c1ccc(F)c(-c2nc(C(=O)Nc3cn[nH]c3C[C@@H]3CC[C@@H](N)[C@H](F)CO3)cs2)c1F. The predicted molar refractivity (Wildman–Crippen MR) is 123 cm³/mol. The van der Waals surface area contributed by atoms with Gasteiger partial charge in [0.2, 0.25) is 0 Å². The Hall–Kier alpha value is -2.81. The van der Waals surface area contributed by atoms with E-state index in [1.54, 1.807) is 0 Å². The van der Waals surface area contributed by atoms with Crippen LogP contribution in [0.1, 0.15) is 29.0 Å². The molecule has 2 aromatic heterocycles. The van der Waals surface area contributed by atoms with Crippen LogP contribution in [0.4, 0.5) is 18.9 Å². The largest absolute Gasteiger partial charge is 0.375 e. The highest BCUT2D eigenvalue weighted by molar-refractivity contribution is 7.90. The predicted octanol–water partition coefficient (Wildman–Crippen LogP) is 2.85. The van der Waals surface area contributed by atoms with Gasteiger partial charge in [0.25, 0.3) is 5.91 Å². The highest BCUT2D eigenvalue weighted by Crippen LogP contribution is 2.32. The van der Waals surface area contributed by atoms with Gasteiger partial charge in [-0.05, 0) is 25.0 Å². The number of H-pyrrole nitrogens is 1. The summed E-state index contributed by atoms with van der Waals surface area (Å²) in [5.74, 6) is -2.95. The summed E-state index contributed by atoms with van der Waals surface area (Å²) in [6.45, 7) is -0.114. The molecule has 35 heavy (non-hydrogen) atoms. The molecule has 3 heterocycles. The molecule has 3 aromatic rings. The fourth-order valence-corrected chi connectivity index (χ4v) is 5.24. The minimum atomic E-state index is -3.94. The molecule has 0 bridgehead atoms. The van der Waals surface area contributed by atoms with E-state index in [2.05, 4.69) is 20.5 Å². The Bertz CT molecular complexity index is 1330. The van der Waals surface area contributed by atoms with Crippen LogP contribution in [0.25, 0.3) is 10.6 Å². The van der Waals surface area contributed by atoms with Crippen molar-refractivity contribution in [2.75, 3.05) is 18.2 Å². The maximum Gasteiger partial charge on any atom is 0.275 e. The van der Waals surface area contributed by atoms with Gasteiger partial charge in [-0.25, -0.2) is 26.6 Å². The number of hydrogen-bond donors (Lipinski definition) is 3. The summed E-state index contributed by atoms with van der Waals surface area (Å²) in [6, 6.07) is 1.08. The molecule has 4 N–H and O–H groups in total. The Morgan fingerprint density at radius 3 is 2.86 bits per heavy atom. The Labute approximate surface area is 202 Å². The Kier molecular flexibility index (Phi) is 7.26. The molecule has 1 saturated heterocycles. The smallest absolute Gasteiger partial charge is 0.275 e. The molecule has 9 nitrogen and oxygen atoms in total. The second-order valence-electron chi connectivity index (χ2n) is 8.18. The number of carbonyl (C=O) groups is 1. The number of alkyl halides is 1. The normalized spacial score (nSPS) is 21.0. The topological polar surface area (TPSA) is 140 Å². The van der Waals surface area contributed by atoms with Crippen LogP contribution >= 0.6 is 11.3 Å². The molecule has 1 aliphatic rings. The minimum Gasteiger partial charge on any atom is -0.375 e. The zero-order valence-corrected chi connectivity index (χ0v) is 20.1. The number of hydrogen-bond acceptors (Lipinski definition) is 8. The van der Waals surface area contributed by atoms with Crippen LogP contribution in [0, 0.1) is 11.6 Å². The molecule has 3 atom stereocenters. The lowest BCUT2D eigenvalue weighted by Gasteiger charge is -2.15. The van der Waals surface area contributed by atoms with Crippen molar-refractivity contribution in [1.29, 1.82) is 0 Å². The quantitative estimate of drug-likeness (QED) is 0.417. The number of ether oxygens (including phenoxy) is 1. The lowest BCUT2D eigenvalue weighted by molar-refractivity contribution is 0.0295. The summed E-state index contributed by atoms with van der Waals surface area (Å²) in [6.07, 6.45) is 1.94. The van der Waals surface area contributed by atoms with Crippen molar-refractivity contribution in [3.05, 3.63) is 46.7 Å². The van der Waals surface area contributed by atoms with Crippen molar-refractivity contribution < 1.29 is 31.1 Å². The van der Waals surface area contributed by atoms with Gasteiger partial charge in [0.1, 0.15) is 27.6 Å². The number of carbonyl (C=O) groups excluding carboxylic acids is 1. The molecule has 0 aliphatic carbocycles. The van der Waals surface area contributed by atoms with Crippen LogP contribution in [-0.4, -0.2) is 60.7 Å². The highest BCUT2D eigenvalue weighted by atomic mass is 32.2. The maximum absolute atomic E-state index is 14.8. The van der Waals surface area contributed by atoms with Gasteiger partial charge in [-0.15, -0.1) is 11.3 Å². The third kappa shape index (κ3) is 5.55. The molecule has 1 amide bonds. The Morgan fingerprint density at radius 2 is 2.11 bits per heavy atom. The summed E-state index contributed by atoms with van der Waals surface area (Å²) in [5.41, 5.74) is 5.88. The van der Waals surface area contributed by atoms with E-state index in [-0.39, 0.29) is 23.4 Å². The summed E-state index contributed by atoms with van der Waals surface area (Å²) < 4.78 is 72.0. The first-order valence-corrected chi connectivity index (χ1v) is 13.3. The van der Waals surface area contributed by atoms with Crippen LogP contribution in [0.3, 0.4) is 0 Å². The Morgan fingerprint density at radius 1 is 1.34 bits per heavy atom. The first kappa shape index (κ1) is 25.3. The average Bonchev–Trinajstić information content (AvgIpc) is 3.40. The van der Waals surface area contributed by atoms with Gasteiger partial charge < -0.3 is 15.8 Å².